The predicted octanol–water partition coefficient (Wildman–Crippen LogP) is 2.24. The van der Waals surface area contributed by atoms with Gasteiger partial charge in [0, 0.05) is 12.1 Å². The second-order valence-corrected chi connectivity index (χ2v) is 6.82. The van der Waals surface area contributed by atoms with E-state index < -0.39 is 0 Å². The summed E-state index contributed by atoms with van der Waals surface area (Å²) in [6, 6.07) is 15.5. The van der Waals surface area contributed by atoms with Crippen LogP contribution >= 0.6 is 12.2 Å². The first-order valence-corrected chi connectivity index (χ1v) is 9.05. The Morgan fingerprint density at radius 2 is 1.60 bits per heavy atom. The summed E-state index contributed by atoms with van der Waals surface area (Å²) < 4.78 is 12.9. The molecule has 0 aliphatic carbocycles. The molecule has 134 valence electrons. The summed E-state index contributed by atoms with van der Waals surface area (Å²) in [6.45, 7) is 3.50. The minimum atomic E-state index is -0.227. The molecule has 0 unspecified atom stereocenters. The van der Waals surface area contributed by atoms with Crippen molar-refractivity contribution >= 4 is 17.3 Å². The van der Waals surface area contributed by atoms with Gasteiger partial charge in [0.1, 0.15) is 11.9 Å². The summed E-state index contributed by atoms with van der Waals surface area (Å²) in [7, 11) is 4.30. The zero-order valence-electron chi connectivity index (χ0n) is 15.1. The van der Waals surface area contributed by atoms with Crippen LogP contribution in [-0.4, -0.2) is 25.8 Å². The van der Waals surface area contributed by atoms with Crippen LogP contribution in [0, 0.1) is 5.82 Å². The molecule has 3 N–H and O–H groups in total. The number of hydrogen-bond acceptors (Lipinski definition) is 1. The molecule has 2 aromatic rings. The van der Waals surface area contributed by atoms with E-state index in [2.05, 4.69) is 55.9 Å². The average Bonchev–Trinajstić information content (AvgIpc) is 2.61. The van der Waals surface area contributed by atoms with Gasteiger partial charge in [-0.1, -0.05) is 43.3 Å². The highest BCUT2D eigenvalue weighted by Crippen LogP contribution is 2.11. The van der Waals surface area contributed by atoms with Crippen LogP contribution in [0.4, 0.5) is 4.39 Å². The van der Waals surface area contributed by atoms with E-state index in [0.29, 0.717) is 17.7 Å². The summed E-state index contributed by atoms with van der Waals surface area (Å²) in [5.74, 6) is -0.227. The van der Waals surface area contributed by atoms with Crippen molar-refractivity contribution < 1.29 is 9.29 Å². The quantitative estimate of drug-likeness (QED) is 0.662. The van der Waals surface area contributed by atoms with E-state index in [1.54, 1.807) is 12.1 Å². The van der Waals surface area contributed by atoms with Gasteiger partial charge in [-0.05, 0) is 41.9 Å². The third-order valence-corrected chi connectivity index (χ3v) is 4.61. The second kappa shape index (κ2) is 9.49. The van der Waals surface area contributed by atoms with Crippen molar-refractivity contribution in [1.29, 1.82) is 0 Å². The normalized spacial score (nSPS) is 12.0. The van der Waals surface area contributed by atoms with Gasteiger partial charge in [0.25, 0.3) is 0 Å². The van der Waals surface area contributed by atoms with Crippen LogP contribution in [0.2, 0.25) is 0 Å². The van der Waals surface area contributed by atoms with Crippen molar-refractivity contribution in [3.05, 3.63) is 71.0 Å². The van der Waals surface area contributed by atoms with Crippen molar-refractivity contribution in [1.82, 2.24) is 10.6 Å². The van der Waals surface area contributed by atoms with Gasteiger partial charge in [0.2, 0.25) is 0 Å². The van der Waals surface area contributed by atoms with Crippen LogP contribution in [-0.2, 0) is 13.0 Å². The van der Waals surface area contributed by atoms with Gasteiger partial charge in [-0.2, -0.15) is 0 Å². The molecule has 0 saturated carbocycles. The van der Waals surface area contributed by atoms with Crippen molar-refractivity contribution in [3.63, 3.8) is 0 Å². The first kappa shape index (κ1) is 19.3. The Kier molecular flexibility index (Phi) is 7.34. The average molecular weight is 361 g/mol. The number of benzene rings is 2. The van der Waals surface area contributed by atoms with Gasteiger partial charge in [-0.25, -0.2) is 4.39 Å². The molecule has 1 atom stereocenters. The summed E-state index contributed by atoms with van der Waals surface area (Å²) in [5, 5.41) is 7.08. The summed E-state index contributed by atoms with van der Waals surface area (Å²) in [5.41, 5.74) is 3.64. The number of hydrogen-bond donors (Lipinski definition) is 3. The predicted molar refractivity (Wildman–Crippen MR) is 105 cm³/mol. The first-order chi connectivity index (χ1) is 12.0. The fourth-order valence-electron chi connectivity index (χ4n) is 2.68. The fourth-order valence-corrected chi connectivity index (χ4v) is 2.84. The standard InChI is InChI=1S/C20H26FN3S/c1-4-15-5-9-17(10-6-15)19(24(2)3)14-23-20(25)22-13-16-7-11-18(21)12-8-16/h5-12,19H,4,13-14H2,1-3H3,(H2,22,23,25)/p+1/t19-/m0/s1. The lowest BCUT2D eigenvalue weighted by atomic mass is 10.0. The molecule has 0 aliphatic rings. The van der Waals surface area contributed by atoms with E-state index in [-0.39, 0.29) is 5.82 Å². The molecule has 0 bridgehead atoms. The van der Waals surface area contributed by atoms with Crippen molar-refractivity contribution in [3.8, 4) is 0 Å². The number of aryl methyl sites for hydroxylation is 1. The summed E-state index contributed by atoms with van der Waals surface area (Å²) in [6.07, 6.45) is 1.05. The highest BCUT2D eigenvalue weighted by atomic mass is 32.1. The van der Waals surface area contributed by atoms with E-state index in [0.717, 1.165) is 18.5 Å². The first-order valence-electron chi connectivity index (χ1n) is 8.64. The lowest BCUT2D eigenvalue weighted by molar-refractivity contribution is -0.890. The number of quaternary nitrogens is 1. The Balaban J connectivity index is 1.87. The molecule has 0 fully saturated rings. The van der Waals surface area contributed by atoms with Crippen LogP contribution in [0.1, 0.15) is 29.7 Å². The molecule has 0 radical (unpaired) electrons. The Hall–Kier alpha value is -1.98. The molecule has 0 saturated heterocycles. The van der Waals surface area contributed by atoms with Crippen LogP contribution in [0.15, 0.2) is 48.5 Å². The molecule has 5 heteroatoms. The van der Waals surface area contributed by atoms with E-state index >= 15 is 0 Å². The summed E-state index contributed by atoms with van der Waals surface area (Å²) in [4.78, 5) is 1.35. The van der Waals surface area contributed by atoms with E-state index in [9.17, 15) is 4.39 Å². The van der Waals surface area contributed by atoms with Crippen molar-refractivity contribution in [2.45, 2.75) is 25.9 Å². The van der Waals surface area contributed by atoms with Crippen LogP contribution in [0.25, 0.3) is 0 Å². The molecule has 2 rings (SSSR count). The molecule has 0 amide bonds. The Labute approximate surface area is 155 Å². The fraction of sp³-hybridized carbons (Fsp3) is 0.350. The van der Waals surface area contributed by atoms with Crippen LogP contribution in [0.3, 0.4) is 0 Å². The zero-order chi connectivity index (χ0) is 18.2. The number of nitrogens with one attached hydrogen (secondary N) is 3. The third kappa shape index (κ3) is 6.11. The molecule has 0 aliphatic heterocycles. The van der Waals surface area contributed by atoms with Gasteiger partial charge in [0.05, 0.1) is 20.6 Å². The molecular weight excluding hydrogens is 333 g/mol. The van der Waals surface area contributed by atoms with Gasteiger partial charge >= 0.3 is 0 Å². The Bertz CT molecular complexity index is 668. The monoisotopic (exact) mass is 360 g/mol. The second-order valence-electron chi connectivity index (χ2n) is 6.42. The van der Waals surface area contributed by atoms with Gasteiger partial charge in [-0.3, -0.25) is 0 Å². The smallest absolute Gasteiger partial charge is 0.166 e. The topological polar surface area (TPSA) is 28.5 Å². The molecule has 3 nitrogen and oxygen atoms in total. The Morgan fingerprint density at radius 1 is 1.00 bits per heavy atom. The maximum absolute atomic E-state index is 12.9. The maximum Gasteiger partial charge on any atom is 0.166 e. The van der Waals surface area contributed by atoms with E-state index in [1.807, 2.05) is 0 Å². The largest absolute Gasteiger partial charge is 0.359 e. The molecule has 0 heterocycles. The third-order valence-electron chi connectivity index (χ3n) is 4.32. The van der Waals surface area contributed by atoms with E-state index in [1.165, 1.54) is 28.2 Å². The molecule has 2 aromatic carbocycles. The molecular formula is C20H27FN3S+. The van der Waals surface area contributed by atoms with Crippen LogP contribution < -0.4 is 15.5 Å². The van der Waals surface area contributed by atoms with E-state index in [4.69, 9.17) is 12.2 Å². The summed E-state index contributed by atoms with van der Waals surface area (Å²) >= 11 is 5.37. The van der Waals surface area contributed by atoms with Gasteiger partial charge in [0.15, 0.2) is 5.11 Å². The number of halogens is 1. The highest BCUT2D eigenvalue weighted by molar-refractivity contribution is 7.80. The number of likely N-dealkylation sites (N-methyl/N-ethyl adjacent to an activating group) is 1. The minimum Gasteiger partial charge on any atom is -0.359 e. The molecule has 25 heavy (non-hydrogen) atoms. The van der Waals surface area contributed by atoms with Gasteiger partial charge < -0.3 is 15.5 Å². The van der Waals surface area contributed by atoms with Gasteiger partial charge in [-0.15, -0.1) is 0 Å². The minimum absolute atomic E-state index is 0.227. The number of rotatable bonds is 7. The van der Waals surface area contributed by atoms with Crippen LogP contribution in [0.5, 0.6) is 0 Å². The lowest BCUT2D eigenvalue weighted by Gasteiger charge is -2.23. The lowest BCUT2D eigenvalue weighted by Crippen LogP contribution is -3.07. The Morgan fingerprint density at radius 3 is 2.16 bits per heavy atom. The number of thiocarbonyl (C=S) groups is 1. The maximum atomic E-state index is 12.9. The SMILES string of the molecule is CCc1ccc([C@H](CNC(=S)NCc2ccc(F)cc2)[NH+](C)C)cc1. The molecule has 0 aromatic heterocycles. The molecule has 0 spiro atoms. The highest BCUT2D eigenvalue weighted by Gasteiger charge is 2.17. The van der Waals surface area contributed by atoms with Crippen molar-refractivity contribution in [2.24, 2.45) is 0 Å². The van der Waals surface area contributed by atoms with Crippen molar-refractivity contribution in [2.75, 3.05) is 20.6 Å². The zero-order valence-corrected chi connectivity index (χ0v) is 15.9.